The molecule has 2 bridgehead atoms. The third kappa shape index (κ3) is 1.67. The lowest BCUT2D eigenvalue weighted by Crippen LogP contribution is -2.37. The number of hydrogen-bond donors (Lipinski definition) is 0. The lowest BCUT2D eigenvalue weighted by atomic mass is 9.78. The molecule has 0 N–H and O–H groups in total. The van der Waals surface area contributed by atoms with Crippen LogP contribution in [0.25, 0.3) is 0 Å². The normalized spacial score (nSPS) is 34.9. The van der Waals surface area contributed by atoms with Crippen molar-refractivity contribution in [3.05, 3.63) is 35.9 Å². The monoisotopic (exact) mass is 230 g/mol. The van der Waals surface area contributed by atoms with E-state index in [1.54, 1.807) is 0 Å². The molecule has 3 unspecified atom stereocenters. The highest BCUT2D eigenvalue weighted by atomic mass is 16.6. The van der Waals surface area contributed by atoms with E-state index in [0.29, 0.717) is 5.92 Å². The van der Waals surface area contributed by atoms with Crippen molar-refractivity contribution in [1.29, 1.82) is 0 Å². The maximum Gasteiger partial charge on any atom is 0.303 e. The summed E-state index contributed by atoms with van der Waals surface area (Å²) in [7, 11) is 0. The number of hydrogen-bond acceptors (Lipinski definition) is 2. The van der Waals surface area contributed by atoms with Gasteiger partial charge in [-0.15, -0.1) is 0 Å². The average Bonchev–Trinajstić information content (AvgIpc) is 2.90. The van der Waals surface area contributed by atoms with Crippen LogP contribution in [0, 0.1) is 11.8 Å². The third-order valence-corrected chi connectivity index (χ3v) is 4.38. The molecule has 2 aliphatic rings. The van der Waals surface area contributed by atoms with Gasteiger partial charge in [-0.3, -0.25) is 4.79 Å². The molecule has 0 saturated heterocycles. The van der Waals surface area contributed by atoms with E-state index in [1.807, 2.05) is 18.2 Å². The first-order chi connectivity index (χ1) is 8.21. The number of ether oxygens (including phenoxy) is 1. The Hall–Kier alpha value is -1.31. The van der Waals surface area contributed by atoms with Gasteiger partial charge in [0.2, 0.25) is 0 Å². The van der Waals surface area contributed by atoms with E-state index in [9.17, 15) is 4.79 Å². The van der Waals surface area contributed by atoms with Crippen molar-refractivity contribution in [2.45, 2.75) is 38.2 Å². The third-order valence-electron chi connectivity index (χ3n) is 4.38. The summed E-state index contributed by atoms with van der Waals surface area (Å²) in [6.45, 7) is 1.52. The summed E-state index contributed by atoms with van der Waals surface area (Å²) in [6, 6.07) is 10.3. The fraction of sp³-hybridized carbons (Fsp3) is 0.533. The molecule has 3 rings (SSSR count). The fourth-order valence-electron chi connectivity index (χ4n) is 3.79. The lowest BCUT2D eigenvalue weighted by Gasteiger charge is -2.37. The van der Waals surface area contributed by atoms with E-state index < -0.39 is 0 Å². The average molecular weight is 230 g/mol. The minimum atomic E-state index is -0.323. The van der Waals surface area contributed by atoms with Gasteiger partial charge >= 0.3 is 5.97 Å². The summed E-state index contributed by atoms with van der Waals surface area (Å²) in [6.07, 6.45) is 4.75. The molecular weight excluding hydrogens is 212 g/mol. The highest BCUT2D eigenvalue weighted by Crippen LogP contribution is 2.57. The molecule has 0 spiro atoms. The van der Waals surface area contributed by atoms with Gasteiger partial charge in [0.1, 0.15) is 5.60 Å². The molecule has 90 valence electrons. The Labute approximate surface area is 102 Å². The van der Waals surface area contributed by atoms with E-state index in [2.05, 4.69) is 12.1 Å². The molecular formula is C15H18O2. The van der Waals surface area contributed by atoms with E-state index in [-0.39, 0.29) is 11.6 Å². The number of rotatable bonds is 2. The minimum absolute atomic E-state index is 0.151. The van der Waals surface area contributed by atoms with Gasteiger partial charge in [-0.05, 0) is 37.2 Å². The maximum atomic E-state index is 11.4. The number of esters is 1. The first-order valence-corrected chi connectivity index (χ1v) is 6.46. The van der Waals surface area contributed by atoms with Crippen molar-refractivity contribution in [1.82, 2.24) is 0 Å². The van der Waals surface area contributed by atoms with Gasteiger partial charge < -0.3 is 4.74 Å². The summed E-state index contributed by atoms with van der Waals surface area (Å²) in [5.74, 6) is 1.12. The van der Waals surface area contributed by atoms with E-state index in [1.165, 1.54) is 31.7 Å². The van der Waals surface area contributed by atoms with Crippen LogP contribution >= 0.6 is 0 Å². The zero-order chi connectivity index (χ0) is 11.9. The van der Waals surface area contributed by atoms with Crippen LogP contribution < -0.4 is 0 Å². The van der Waals surface area contributed by atoms with Crippen molar-refractivity contribution in [3.63, 3.8) is 0 Å². The molecule has 0 heterocycles. The second-order valence-electron chi connectivity index (χ2n) is 5.43. The molecule has 0 radical (unpaired) electrons. The smallest absolute Gasteiger partial charge is 0.303 e. The van der Waals surface area contributed by atoms with E-state index >= 15 is 0 Å². The Morgan fingerprint density at radius 1 is 1.29 bits per heavy atom. The van der Waals surface area contributed by atoms with Crippen LogP contribution in [0.5, 0.6) is 0 Å². The summed E-state index contributed by atoms with van der Waals surface area (Å²) in [5.41, 5.74) is 0.859. The van der Waals surface area contributed by atoms with Crippen molar-refractivity contribution in [3.8, 4) is 0 Å². The molecule has 1 aromatic carbocycles. The molecule has 2 fully saturated rings. The van der Waals surface area contributed by atoms with Crippen molar-refractivity contribution < 1.29 is 9.53 Å². The second-order valence-corrected chi connectivity index (χ2v) is 5.43. The molecule has 0 amide bonds. The van der Waals surface area contributed by atoms with Gasteiger partial charge in [0.25, 0.3) is 0 Å². The van der Waals surface area contributed by atoms with E-state index in [4.69, 9.17) is 4.74 Å². The SMILES string of the molecule is CC(=O)OC1(c2ccccc2)CC2CCC1C2. The number of carbonyl (C=O) groups is 1. The highest BCUT2D eigenvalue weighted by Gasteiger charge is 2.54. The summed E-state index contributed by atoms with van der Waals surface area (Å²) >= 11 is 0. The molecule has 0 aliphatic heterocycles. The topological polar surface area (TPSA) is 26.3 Å². The zero-order valence-corrected chi connectivity index (χ0v) is 10.2. The number of carbonyl (C=O) groups excluding carboxylic acids is 1. The lowest BCUT2D eigenvalue weighted by molar-refractivity contribution is -0.165. The van der Waals surface area contributed by atoms with E-state index in [0.717, 1.165) is 12.3 Å². The first-order valence-electron chi connectivity index (χ1n) is 6.46. The van der Waals surface area contributed by atoms with Crippen LogP contribution in [0.1, 0.15) is 38.2 Å². The molecule has 2 nitrogen and oxygen atoms in total. The molecule has 17 heavy (non-hydrogen) atoms. The Morgan fingerprint density at radius 3 is 2.59 bits per heavy atom. The predicted molar refractivity (Wildman–Crippen MR) is 65.3 cm³/mol. The quantitative estimate of drug-likeness (QED) is 0.729. The summed E-state index contributed by atoms with van der Waals surface area (Å²) in [4.78, 5) is 11.4. The van der Waals surface area contributed by atoms with Gasteiger partial charge in [0, 0.05) is 12.8 Å². The van der Waals surface area contributed by atoms with Crippen LogP contribution in [0.4, 0.5) is 0 Å². The predicted octanol–water partition coefficient (Wildman–Crippen LogP) is 3.27. The standard InChI is InChI=1S/C15H18O2/c1-11(16)17-15(13-5-3-2-4-6-13)10-12-7-8-14(15)9-12/h2-6,12,14H,7-10H2,1H3. The molecule has 2 aliphatic carbocycles. The molecule has 2 saturated carbocycles. The number of fused-ring (bicyclic) bond motifs is 2. The summed E-state index contributed by atoms with van der Waals surface area (Å²) in [5, 5.41) is 0. The van der Waals surface area contributed by atoms with Crippen LogP contribution in [-0.4, -0.2) is 5.97 Å². The molecule has 0 aromatic heterocycles. The molecule has 1 aromatic rings. The maximum absolute atomic E-state index is 11.4. The van der Waals surface area contributed by atoms with Crippen LogP contribution in [-0.2, 0) is 15.1 Å². The Balaban J connectivity index is 2.00. The highest BCUT2D eigenvalue weighted by molar-refractivity contribution is 5.67. The van der Waals surface area contributed by atoms with Gasteiger partial charge in [-0.1, -0.05) is 30.3 Å². The van der Waals surface area contributed by atoms with Gasteiger partial charge in [0.15, 0.2) is 0 Å². The van der Waals surface area contributed by atoms with Gasteiger partial charge in [0.05, 0.1) is 0 Å². The largest absolute Gasteiger partial charge is 0.454 e. The summed E-state index contributed by atoms with van der Waals surface area (Å²) < 4.78 is 5.78. The van der Waals surface area contributed by atoms with Gasteiger partial charge in [-0.25, -0.2) is 0 Å². The first kappa shape index (κ1) is 10.8. The van der Waals surface area contributed by atoms with Crippen molar-refractivity contribution in [2.75, 3.05) is 0 Å². The molecule has 3 atom stereocenters. The van der Waals surface area contributed by atoms with Crippen molar-refractivity contribution >= 4 is 5.97 Å². The van der Waals surface area contributed by atoms with Gasteiger partial charge in [-0.2, -0.15) is 0 Å². The minimum Gasteiger partial charge on any atom is -0.454 e. The Kier molecular flexibility index (Phi) is 2.46. The Bertz CT molecular complexity index is 426. The fourth-order valence-corrected chi connectivity index (χ4v) is 3.79. The Morgan fingerprint density at radius 2 is 2.06 bits per heavy atom. The van der Waals surface area contributed by atoms with Crippen LogP contribution in [0.2, 0.25) is 0 Å². The van der Waals surface area contributed by atoms with Crippen molar-refractivity contribution in [2.24, 2.45) is 11.8 Å². The second kappa shape index (κ2) is 3.86. The zero-order valence-electron chi connectivity index (χ0n) is 10.2. The molecule has 2 heteroatoms. The number of benzene rings is 1. The van der Waals surface area contributed by atoms with Crippen LogP contribution in [0.15, 0.2) is 30.3 Å². The van der Waals surface area contributed by atoms with Crippen LogP contribution in [0.3, 0.4) is 0 Å².